The number of methoxy groups -OCH3 is 1. The van der Waals surface area contributed by atoms with Gasteiger partial charge in [-0.2, -0.15) is 5.26 Å². The highest BCUT2D eigenvalue weighted by molar-refractivity contribution is 5.28. The molecule has 20 heavy (non-hydrogen) atoms. The van der Waals surface area contributed by atoms with E-state index in [2.05, 4.69) is 6.07 Å². The Morgan fingerprint density at radius 1 is 1.20 bits per heavy atom. The Morgan fingerprint density at radius 3 is 2.50 bits per heavy atom. The molecular formula is C15H21NO4. The van der Waals surface area contributed by atoms with Crippen molar-refractivity contribution in [2.45, 2.75) is 25.6 Å². The van der Waals surface area contributed by atoms with Crippen molar-refractivity contribution in [2.24, 2.45) is 0 Å². The van der Waals surface area contributed by atoms with Gasteiger partial charge in [0.25, 0.3) is 0 Å². The highest BCUT2D eigenvalue weighted by Crippen LogP contribution is 2.12. The van der Waals surface area contributed by atoms with Crippen LogP contribution in [0, 0.1) is 11.3 Å². The molecule has 0 radical (unpaired) electrons. The summed E-state index contributed by atoms with van der Waals surface area (Å²) in [6.07, 6.45) is -0.360. The number of aliphatic hydroxyl groups excluding tert-OH is 1. The van der Waals surface area contributed by atoms with Crippen LogP contribution in [0.1, 0.15) is 12.5 Å². The van der Waals surface area contributed by atoms with Gasteiger partial charge in [0.2, 0.25) is 0 Å². The van der Waals surface area contributed by atoms with Crippen LogP contribution in [-0.4, -0.2) is 44.2 Å². The van der Waals surface area contributed by atoms with Crippen LogP contribution in [0.3, 0.4) is 0 Å². The number of aliphatic hydroxyl groups is 1. The van der Waals surface area contributed by atoms with Crippen molar-refractivity contribution in [3.8, 4) is 11.8 Å². The molecule has 0 fully saturated rings. The molecule has 1 N–H and O–H groups in total. The van der Waals surface area contributed by atoms with Gasteiger partial charge in [0.15, 0.2) is 0 Å². The monoisotopic (exact) mass is 279 g/mol. The number of ether oxygens (including phenoxy) is 3. The van der Waals surface area contributed by atoms with E-state index in [9.17, 15) is 5.11 Å². The Bertz CT molecular complexity index is 413. The van der Waals surface area contributed by atoms with Gasteiger partial charge >= 0.3 is 0 Å². The van der Waals surface area contributed by atoms with Gasteiger partial charge in [-0.25, -0.2) is 0 Å². The maximum absolute atomic E-state index is 9.73. The van der Waals surface area contributed by atoms with E-state index in [-0.39, 0.29) is 19.3 Å². The summed E-state index contributed by atoms with van der Waals surface area (Å²) in [6, 6.07) is 9.33. The lowest BCUT2D eigenvalue weighted by Gasteiger charge is -2.16. The first-order valence-corrected chi connectivity index (χ1v) is 6.53. The highest BCUT2D eigenvalue weighted by Gasteiger charge is 2.09. The second-order valence-corrected chi connectivity index (χ2v) is 4.54. The first-order chi connectivity index (χ1) is 9.65. The number of rotatable bonds is 9. The van der Waals surface area contributed by atoms with Crippen molar-refractivity contribution < 1.29 is 19.3 Å². The molecule has 1 aromatic carbocycles. The molecule has 0 spiro atoms. The van der Waals surface area contributed by atoms with Crippen LogP contribution in [0.5, 0.6) is 5.75 Å². The summed E-state index contributed by atoms with van der Waals surface area (Å²) in [5, 5.41) is 18.3. The van der Waals surface area contributed by atoms with Crippen molar-refractivity contribution in [2.75, 3.05) is 26.9 Å². The summed E-state index contributed by atoms with van der Waals surface area (Å²) < 4.78 is 15.8. The van der Waals surface area contributed by atoms with Gasteiger partial charge < -0.3 is 19.3 Å². The molecule has 0 bridgehead atoms. The van der Waals surface area contributed by atoms with Crippen molar-refractivity contribution >= 4 is 0 Å². The first kappa shape index (κ1) is 16.4. The first-order valence-electron chi connectivity index (χ1n) is 6.53. The maximum atomic E-state index is 9.73. The molecule has 0 aliphatic carbocycles. The topological polar surface area (TPSA) is 71.7 Å². The van der Waals surface area contributed by atoms with Crippen LogP contribution in [0.15, 0.2) is 24.3 Å². The second-order valence-electron chi connectivity index (χ2n) is 4.54. The summed E-state index contributed by atoms with van der Waals surface area (Å²) in [7, 11) is 1.61. The Morgan fingerprint density at radius 2 is 1.90 bits per heavy atom. The quantitative estimate of drug-likeness (QED) is 0.742. The van der Waals surface area contributed by atoms with Crippen LogP contribution in [-0.2, 0) is 15.9 Å². The number of nitrogens with zero attached hydrogens (tertiary/aromatic N) is 1. The molecule has 0 saturated heterocycles. The zero-order chi connectivity index (χ0) is 14.8. The lowest BCUT2D eigenvalue weighted by Crippen LogP contribution is -2.27. The van der Waals surface area contributed by atoms with Gasteiger partial charge in [0.05, 0.1) is 31.8 Å². The van der Waals surface area contributed by atoms with Crippen LogP contribution in [0.25, 0.3) is 0 Å². The Labute approximate surface area is 119 Å². The molecular weight excluding hydrogens is 258 g/mol. The lowest BCUT2D eigenvalue weighted by molar-refractivity contribution is -0.0423. The molecule has 0 aromatic heterocycles. The number of hydrogen-bond donors (Lipinski definition) is 1. The van der Waals surface area contributed by atoms with Gasteiger partial charge in [-0.05, 0) is 24.6 Å². The van der Waals surface area contributed by atoms with Crippen LogP contribution >= 0.6 is 0 Å². The van der Waals surface area contributed by atoms with Crippen molar-refractivity contribution in [3.05, 3.63) is 29.8 Å². The third-order valence-electron chi connectivity index (χ3n) is 2.62. The van der Waals surface area contributed by atoms with E-state index in [0.717, 1.165) is 5.56 Å². The summed E-state index contributed by atoms with van der Waals surface area (Å²) in [4.78, 5) is 0. The van der Waals surface area contributed by atoms with E-state index < -0.39 is 6.10 Å². The number of hydrogen-bond acceptors (Lipinski definition) is 5. The van der Waals surface area contributed by atoms with Gasteiger partial charge in [0.1, 0.15) is 18.5 Å². The number of nitriles is 1. The number of benzene rings is 1. The smallest absolute Gasteiger partial charge is 0.119 e. The third kappa shape index (κ3) is 6.53. The molecule has 0 aliphatic heterocycles. The third-order valence-corrected chi connectivity index (χ3v) is 2.62. The minimum atomic E-state index is -0.687. The van der Waals surface area contributed by atoms with E-state index in [0.29, 0.717) is 18.8 Å². The van der Waals surface area contributed by atoms with Crippen LogP contribution in [0.4, 0.5) is 0 Å². The van der Waals surface area contributed by atoms with Crippen molar-refractivity contribution in [1.29, 1.82) is 5.26 Å². The van der Waals surface area contributed by atoms with E-state index in [1.165, 1.54) is 0 Å². The van der Waals surface area contributed by atoms with Crippen molar-refractivity contribution in [1.82, 2.24) is 0 Å². The summed E-state index contributed by atoms with van der Waals surface area (Å²) in [5.74, 6) is 0.663. The molecule has 2 unspecified atom stereocenters. The molecule has 5 heteroatoms. The average Bonchev–Trinajstić information content (AvgIpc) is 2.45. The summed E-state index contributed by atoms with van der Waals surface area (Å²) >= 11 is 0. The molecule has 110 valence electrons. The van der Waals surface area contributed by atoms with Gasteiger partial charge in [-0.15, -0.1) is 0 Å². The van der Waals surface area contributed by atoms with Gasteiger partial charge in [-0.1, -0.05) is 12.1 Å². The Kier molecular flexibility index (Phi) is 7.66. The molecule has 0 heterocycles. The zero-order valence-corrected chi connectivity index (χ0v) is 11.9. The minimum Gasteiger partial charge on any atom is -0.491 e. The predicted octanol–water partition coefficient (Wildman–Crippen LogP) is 1.54. The largest absolute Gasteiger partial charge is 0.491 e. The van der Waals surface area contributed by atoms with Gasteiger partial charge in [0, 0.05) is 7.11 Å². The average molecular weight is 279 g/mol. The predicted molar refractivity (Wildman–Crippen MR) is 74.6 cm³/mol. The Balaban J connectivity index is 2.26. The van der Waals surface area contributed by atoms with Gasteiger partial charge in [-0.3, -0.25) is 0 Å². The summed E-state index contributed by atoms with van der Waals surface area (Å²) in [5.41, 5.74) is 0.942. The fraction of sp³-hybridized carbons (Fsp3) is 0.533. The molecule has 0 aliphatic rings. The summed E-state index contributed by atoms with van der Waals surface area (Å²) in [6.45, 7) is 2.74. The Hall–Kier alpha value is -1.61. The fourth-order valence-electron chi connectivity index (χ4n) is 1.59. The maximum Gasteiger partial charge on any atom is 0.119 e. The zero-order valence-electron chi connectivity index (χ0n) is 11.9. The van der Waals surface area contributed by atoms with Crippen molar-refractivity contribution in [3.63, 3.8) is 0 Å². The fourth-order valence-corrected chi connectivity index (χ4v) is 1.59. The van der Waals surface area contributed by atoms with Crippen LogP contribution < -0.4 is 4.74 Å². The highest BCUT2D eigenvalue weighted by atomic mass is 16.5. The van der Waals surface area contributed by atoms with Crippen LogP contribution in [0.2, 0.25) is 0 Å². The lowest BCUT2D eigenvalue weighted by atomic mass is 10.2. The van der Waals surface area contributed by atoms with E-state index >= 15 is 0 Å². The molecule has 2 atom stereocenters. The molecule has 0 saturated carbocycles. The normalized spacial score (nSPS) is 13.5. The van der Waals surface area contributed by atoms with E-state index in [4.69, 9.17) is 19.5 Å². The molecule has 5 nitrogen and oxygen atoms in total. The molecule has 0 amide bonds. The SMILES string of the molecule is COCC(C)OCC(O)COc1ccc(CC#N)cc1. The second kappa shape index (κ2) is 9.32. The van der Waals surface area contributed by atoms with E-state index in [1.54, 1.807) is 19.2 Å². The molecule has 1 aromatic rings. The minimum absolute atomic E-state index is 0.0556. The molecule has 1 rings (SSSR count). The van der Waals surface area contributed by atoms with E-state index in [1.807, 2.05) is 19.1 Å². The standard InChI is InChI=1S/C15H21NO4/c1-12(9-18-2)19-10-14(17)11-20-15-5-3-13(4-6-15)7-8-16/h3-6,12,14,17H,7,9-11H2,1-2H3.